The number of anilines is 1. The summed E-state index contributed by atoms with van der Waals surface area (Å²) in [5, 5.41) is 3.35. The highest BCUT2D eigenvalue weighted by Crippen LogP contribution is 2.20. The highest BCUT2D eigenvalue weighted by Gasteiger charge is 2.07. The minimum atomic E-state index is -0.167. The van der Waals surface area contributed by atoms with Crippen LogP contribution >= 0.6 is 0 Å². The first-order valence-electron chi connectivity index (χ1n) is 6.24. The summed E-state index contributed by atoms with van der Waals surface area (Å²) < 4.78 is 13.3. The van der Waals surface area contributed by atoms with Gasteiger partial charge in [-0.05, 0) is 43.1 Å². The van der Waals surface area contributed by atoms with Crippen molar-refractivity contribution in [1.29, 1.82) is 0 Å². The van der Waals surface area contributed by atoms with E-state index in [9.17, 15) is 4.39 Å². The monoisotopic (exact) mass is 238 g/mol. The molecular weight excluding hydrogens is 215 g/mol. The van der Waals surface area contributed by atoms with E-state index in [2.05, 4.69) is 31.0 Å². The number of rotatable bonds is 6. The molecule has 0 saturated heterocycles. The lowest BCUT2D eigenvalue weighted by molar-refractivity contribution is 0.550. The summed E-state index contributed by atoms with van der Waals surface area (Å²) in [4.78, 5) is 2.13. The third-order valence-corrected chi connectivity index (χ3v) is 2.80. The molecule has 0 radical (unpaired) electrons. The average Bonchev–Trinajstić information content (AvgIpc) is 2.28. The summed E-state index contributed by atoms with van der Waals surface area (Å²) in [5.41, 5.74) is 2.13. The van der Waals surface area contributed by atoms with Gasteiger partial charge in [0.1, 0.15) is 5.82 Å². The Morgan fingerprint density at radius 1 is 1.35 bits per heavy atom. The van der Waals surface area contributed by atoms with E-state index >= 15 is 0 Å². The predicted molar refractivity (Wildman–Crippen MR) is 71.9 cm³/mol. The molecule has 17 heavy (non-hydrogen) atoms. The van der Waals surface area contributed by atoms with Gasteiger partial charge in [-0.3, -0.25) is 0 Å². The summed E-state index contributed by atoms with van der Waals surface area (Å²) in [6.45, 7) is 9.01. The van der Waals surface area contributed by atoms with Crippen LogP contribution < -0.4 is 10.2 Å². The molecule has 0 atom stereocenters. The van der Waals surface area contributed by atoms with Crippen molar-refractivity contribution in [2.75, 3.05) is 25.0 Å². The molecule has 1 N–H and O–H groups in total. The van der Waals surface area contributed by atoms with E-state index in [-0.39, 0.29) is 5.82 Å². The lowest BCUT2D eigenvalue weighted by atomic mass is 10.1. The first-order valence-corrected chi connectivity index (χ1v) is 6.24. The predicted octanol–water partition coefficient (Wildman–Crippen LogP) is 3.03. The lowest BCUT2D eigenvalue weighted by Gasteiger charge is -2.21. The Morgan fingerprint density at radius 2 is 2.06 bits per heavy atom. The van der Waals surface area contributed by atoms with Crippen LogP contribution in [0.25, 0.3) is 0 Å². The SMILES string of the molecule is CCN(C)c1ccc(F)cc1CNCC(C)C. The van der Waals surface area contributed by atoms with Gasteiger partial charge in [0.05, 0.1) is 0 Å². The number of benzene rings is 1. The number of halogens is 1. The number of hydrogen-bond acceptors (Lipinski definition) is 2. The highest BCUT2D eigenvalue weighted by molar-refractivity contribution is 5.53. The zero-order valence-corrected chi connectivity index (χ0v) is 11.3. The number of hydrogen-bond donors (Lipinski definition) is 1. The van der Waals surface area contributed by atoms with Gasteiger partial charge in [-0.2, -0.15) is 0 Å². The van der Waals surface area contributed by atoms with Crippen molar-refractivity contribution in [2.45, 2.75) is 27.3 Å². The van der Waals surface area contributed by atoms with Crippen molar-refractivity contribution in [3.8, 4) is 0 Å². The first-order chi connectivity index (χ1) is 8.04. The van der Waals surface area contributed by atoms with Gasteiger partial charge in [0.2, 0.25) is 0 Å². The smallest absolute Gasteiger partial charge is 0.123 e. The molecule has 0 amide bonds. The van der Waals surface area contributed by atoms with Crippen LogP contribution in [-0.2, 0) is 6.54 Å². The molecule has 0 unspecified atom stereocenters. The molecule has 0 aromatic heterocycles. The zero-order chi connectivity index (χ0) is 12.8. The van der Waals surface area contributed by atoms with E-state index in [1.807, 2.05) is 13.1 Å². The van der Waals surface area contributed by atoms with E-state index in [0.717, 1.165) is 30.9 Å². The lowest BCUT2D eigenvalue weighted by Crippen LogP contribution is -2.23. The Morgan fingerprint density at radius 3 is 2.65 bits per heavy atom. The fraction of sp³-hybridized carbons (Fsp3) is 0.571. The maximum atomic E-state index is 13.3. The van der Waals surface area contributed by atoms with E-state index < -0.39 is 0 Å². The summed E-state index contributed by atoms with van der Waals surface area (Å²) >= 11 is 0. The molecule has 3 heteroatoms. The molecule has 1 rings (SSSR count). The molecule has 0 saturated carbocycles. The Labute approximate surface area is 104 Å². The van der Waals surface area contributed by atoms with Gasteiger partial charge >= 0.3 is 0 Å². The molecule has 0 bridgehead atoms. The number of nitrogens with zero attached hydrogens (tertiary/aromatic N) is 1. The van der Waals surface area contributed by atoms with Gasteiger partial charge in [-0.15, -0.1) is 0 Å². The molecule has 0 aliphatic carbocycles. The molecule has 0 aliphatic heterocycles. The summed E-state index contributed by atoms with van der Waals surface area (Å²) in [6, 6.07) is 4.99. The summed E-state index contributed by atoms with van der Waals surface area (Å²) in [6.07, 6.45) is 0. The quantitative estimate of drug-likeness (QED) is 0.819. The van der Waals surface area contributed by atoms with Crippen LogP contribution in [0.3, 0.4) is 0 Å². The largest absolute Gasteiger partial charge is 0.375 e. The Bertz CT molecular complexity index is 350. The van der Waals surface area contributed by atoms with Crippen LogP contribution in [0.15, 0.2) is 18.2 Å². The Hall–Kier alpha value is -1.09. The standard InChI is InChI=1S/C14H23FN2/c1-5-17(4)14-7-6-13(15)8-12(14)10-16-9-11(2)3/h6-8,11,16H,5,9-10H2,1-4H3. The molecule has 1 aromatic carbocycles. The third-order valence-electron chi connectivity index (χ3n) is 2.80. The van der Waals surface area contributed by atoms with Gasteiger partial charge in [-0.25, -0.2) is 4.39 Å². The molecule has 1 aromatic rings. The summed E-state index contributed by atoms with van der Waals surface area (Å²) in [5.74, 6) is 0.440. The van der Waals surface area contributed by atoms with Gasteiger partial charge in [0.15, 0.2) is 0 Å². The van der Waals surface area contributed by atoms with Gasteiger partial charge in [0, 0.05) is 25.8 Å². The van der Waals surface area contributed by atoms with Crippen molar-refractivity contribution < 1.29 is 4.39 Å². The fourth-order valence-corrected chi connectivity index (χ4v) is 1.73. The maximum Gasteiger partial charge on any atom is 0.123 e. The molecule has 0 spiro atoms. The molecule has 0 aliphatic rings. The molecule has 2 nitrogen and oxygen atoms in total. The fourth-order valence-electron chi connectivity index (χ4n) is 1.73. The molecule has 96 valence electrons. The summed E-state index contributed by atoms with van der Waals surface area (Å²) in [7, 11) is 2.03. The van der Waals surface area contributed by atoms with E-state index in [4.69, 9.17) is 0 Å². The second-order valence-electron chi connectivity index (χ2n) is 4.81. The number of nitrogens with one attached hydrogen (secondary N) is 1. The van der Waals surface area contributed by atoms with Gasteiger partial charge in [0.25, 0.3) is 0 Å². The van der Waals surface area contributed by atoms with Gasteiger partial charge < -0.3 is 10.2 Å². The van der Waals surface area contributed by atoms with Gasteiger partial charge in [-0.1, -0.05) is 13.8 Å². The van der Waals surface area contributed by atoms with Crippen molar-refractivity contribution >= 4 is 5.69 Å². The second-order valence-corrected chi connectivity index (χ2v) is 4.81. The van der Waals surface area contributed by atoms with E-state index in [1.54, 1.807) is 6.07 Å². The Kier molecular flexibility index (Phi) is 5.42. The Balaban J connectivity index is 2.76. The van der Waals surface area contributed by atoms with Crippen LogP contribution in [0.1, 0.15) is 26.3 Å². The average molecular weight is 238 g/mol. The van der Waals surface area contributed by atoms with Crippen molar-refractivity contribution in [3.63, 3.8) is 0 Å². The second kappa shape index (κ2) is 6.60. The van der Waals surface area contributed by atoms with Crippen molar-refractivity contribution in [3.05, 3.63) is 29.6 Å². The van der Waals surface area contributed by atoms with E-state index in [0.29, 0.717) is 5.92 Å². The van der Waals surface area contributed by atoms with Crippen molar-refractivity contribution in [1.82, 2.24) is 5.32 Å². The minimum Gasteiger partial charge on any atom is -0.375 e. The molecule has 0 fully saturated rings. The third kappa shape index (κ3) is 4.35. The normalized spacial score (nSPS) is 10.9. The van der Waals surface area contributed by atoms with E-state index in [1.165, 1.54) is 6.07 Å². The maximum absolute atomic E-state index is 13.3. The van der Waals surface area contributed by atoms with Crippen LogP contribution in [0.5, 0.6) is 0 Å². The van der Waals surface area contributed by atoms with Crippen LogP contribution in [0, 0.1) is 11.7 Å². The molecule has 0 heterocycles. The van der Waals surface area contributed by atoms with Crippen molar-refractivity contribution in [2.24, 2.45) is 5.92 Å². The minimum absolute atomic E-state index is 0.167. The zero-order valence-electron chi connectivity index (χ0n) is 11.3. The molecular formula is C14H23FN2. The topological polar surface area (TPSA) is 15.3 Å². The first kappa shape index (κ1) is 14.0. The van der Waals surface area contributed by atoms with Crippen LogP contribution in [0.2, 0.25) is 0 Å². The highest BCUT2D eigenvalue weighted by atomic mass is 19.1. The van der Waals surface area contributed by atoms with Crippen LogP contribution in [0.4, 0.5) is 10.1 Å². The van der Waals surface area contributed by atoms with Crippen LogP contribution in [-0.4, -0.2) is 20.1 Å².